The Balaban J connectivity index is 1.61. The molecule has 0 spiro atoms. The van der Waals surface area contributed by atoms with Gasteiger partial charge in [-0.1, -0.05) is 42.5 Å². The summed E-state index contributed by atoms with van der Waals surface area (Å²) in [4.78, 5) is 16.6. The van der Waals surface area contributed by atoms with Crippen LogP contribution in [0.4, 0.5) is 11.4 Å². The number of halogens is 1. The maximum absolute atomic E-state index is 12.4. The van der Waals surface area contributed by atoms with Gasteiger partial charge in [0.1, 0.15) is 0 Å². The fraction of sp³-hybridized carbons (Fsp3) is 0.100. The van der Waals surface area contributed by atoms with Crippen molar-refractivity contribution in [2.24, 2.45) is 0 Å². The van der Waals surface area contributed by atoms with E-state index in [0.29, 0.717) is 5.56 Å². The third kappa shape index (κ3) is 4.90. The number of anilines is 2. The number of carbonyl (C=O) groups excluding carboxylic acids is 1. The van der Waals surface area contributed by atoms with Gasteiger partial charge in [-0.3, -0.25) is 9.78 Å². The Morgan fingerprint density at radius 3 is 2.56 bits per heavy atom. The zero-order chi connectivity index (χ0) is 17.5. The Bertz CT molecular complexity index is 852. The van der Waals surface area contributed by atoms with Crippen LogP contribution < -0.4 is 10.6 Å². The third-order valence-electron chi connectivity index (χ3n) is 3.71. The first-order valence-electron chi connectivity index (χ1n) is 8.01. The smallest absolute Gasteiger partial charge is 0.257 e. The minimum absolute atomic E-state index is 0.189. The third-order valence-corrected chi connectivity index (χ3v) is 4.40. The van der Waals surface area contributed by atoms with E-state index in [9.17, 15) is 4.79 Å². The van der Waals surface area contributed by atoms with Crippen molar-refractivity contribution in [3.05, 3.63) is 88.7 Å². The molecule has 126 valence electrons. The van der Waals surface area contributed by atoms with Crippen molar-refractivity contribution in [2.45, 2.75) is 6.42 Å². The summed E-state index contributed by atoms with van der Waals surface area (Å²) in [5.74, 6) is -0.189. The number of aromatic nitrogens is 1. The van der Waals surface area contributed by atoms with Gasteiger partial charge in [-0.05, 0) is 46.1 Å². The lowest BCUT2D eigenvalue weighted by Gasteiger charge is -2.09. The molecule has 25 heavy (non-hydrogen) atoms. The van der Waals surface area contributed by atoms with Crippen molar-refractivity contribution < 1.29 is 4.79 Å². The van der Waals surface area contributed by atoms with Gasteiger partial charge in [-0.15, -0.1) is 0 Å². The van der Waals surface area contributed by atoms with Gasteiger partial charge >= 0.3 is 0 Å². The molecule has 1 amide bonds. The van der Waals surface area contributed by atoms with Crippen LogP contribution >= 0.6 is 15.9 Å². The van der Waals surface area contributed by atoms with Crippen molar-refractivity contribution in [2.75, 3.05) is 17.2 Å². The standard InChI is InChI=1S/C20H18BrN3O/c21-18-8-4-5-9-19(18)24-20(25)16-12-17(14-22-13-16)23-11-10-15-6-2-1-3-7-15/h1-9,12-14,23H,10-11H2,(H,24,25). The number of benzene rings is 2. The molecular formula is C20H18BrN3O. The molecule has 0 fully saturated rings. The number of hydrogen-bond donors (Lipinski definition) is 2. The molecule has 0 aliphatic heterocycles. The summed E-state index contributed by atoms with van der Waals surface area (Å²) in [5.41, 5.74) is 3.34. The van der Waals surface area contributed by atoms with Crippen molar-refractivity contribution in [1.82, 2.24) is 4.98 Å². The highest BCUT2D eigenvalue weighted by Gasteiger charge is 2.09. The Morgan fingerprint density at radius 2 is 1.76 bits per heavy atom. The highest BCUT2D eigenvalue weighted by atomic mass is 79.9. The summed E-state index contributed by atoms with van der Waals surface area (Å²) in [6.07, 6.45) is 4.20. The predicted molar refractivity (Wildman–Crippen MR) is 105 cm³/mol. The van der Waals surface area contributed by atoms with Crippen LogP contribution in [0.3, 0.4) is 0 Å². The second kappa shape index (κ2) is 8.44. The topological polar surface area (TPSA) is 54.0 Å². The Labute approximate surface area is 155 Å². The average Bonchev–Trinajstić information content (AvgIpc) is 2.65. The van der Waals surface area contributed by atoms with Gasteiger partial charge in [0.15, 0.2) is 0 Å². The predicted octanol–water partition coefficient (Wildman–Crippen LogP) is 4.75. The van der Waals surface area contributed by atoms with E-state index in [0.717, 1.165) is 28.8 Å². The van der Waals surface area contributed by atoms with Crippen molar-refractivity contribution >= 4 is 33.2 Å². The van der Waals surface area contributed by atoms with Crippen molar-refractivity contribution in [3.8, 4) is 0 Å². The molecule has 0 aliphatic carbocycles. The number of rotatable bonds is 6. The molecule has 0 unspecified atom stereocenters. The number of para-hydroxylation sites is 1. The zero-order valence-corrected chi connectivity index (χ0v) is 15.2. The van der Waals surface area contributed by atoms with Gasteiger partial charge < -0.3 is 10.6 Å². The maximum atomic E-state index is 12.4. The quantitative estimate of drug-likeness (QED) is 0.632. The number of nitrogens with one attached hydrogen (secondary N) is 2. The molecule has 0 bridgehead atoms. The highest BCUT2D eigenvalue weighted by Crippen LogP contribution is 2.22. The van der Waals surface area contributed by atoms with Gasteiger partial charge in [0.2, 0.25) is 0 Å². The lowest BCUT2D eigenvalue weighted by Crippen LogP contribution is -2.13. The second-order valence-corrected chi connectivity index (χ2v) is 6.41. The molecule has 0 radical (unpaired) electrons. The number of hydrogen-bond acceptors (Lipinski definition) is 3. The zero-order valence-electron chi connectivity index (χ0n) is 13.6. The number of nitrogens with zero attached hydrogens (tertiary/aromatic N) is 1. The van der Waals surface area contributed by atoms with Crippen LogP contribution in [0.25, 0.3) is 0 Å². The lowest BCUT2D eigenvalue weighted by molar-refractivity contribution is 0.102. The number of amides is 1. The number of carbonyl (C=O) groups is 1. The summed E-state index contributed by atoms with van der Waals surface area (Å²) in [6, 6.07) is 19.6. The van der Waals surface area contributed by atoms with Gasteiger partial charge in [-0.2, -0.15) is 0 Å². The molecule has 0 saturated carbocycles. The molecule has 1 aromatic heterocycles. The maximum Gasteiger partial charge on any atom is 0.257 e. The minimum Gasteiger partial charge on any atom is -0.383 e. The van der Waals surface area contributed by atoms with Gasteiger partial charge in [0, 0.05) is 23.4 Å². The molecule has 3 rings (SSSR count). The summed E-state index contributed by atoms with van der Waals surface area (Å²) in [7, 11) is 0. The Morgan fingerprint density at radius 1 is 1.00 bits per heavy atom. The van der Waals surface area contributed by atoms with E-state index in [2.05, 4.69) is 43.7 Å². The average molecular weight is 396 g/mol. The van der Waals surface area contributed by atoms with Crippen molar-refractivity contribution in [3.63, 3.8) is 0 Å². The van der Waals surface area contributed by atoms with Gasteiger partial charge in [0.05, 0.1) is 16.9 Å². The van der Waals surface area contributed by atoms with Crippen LogP contribution in [0.2, 0.25) is 0 Å². The molecule has 5 heteroatoms. The first kappa shape index (κ1) is 17.2. The highest BCUT2D eigenvalue weighted by molar-refractivity contribution is 9.10. The lowest BCUT2D eigenvalue weighted by atomic mass is 10.1. The van der Waals surface area contributed by atoms with Crippen LogP contribution in [0.5, 0.6) is 0 Å². The molecule has 1 heterocycles. The number of pyridine rings is 1. The van der Waals surface area contributed by atoms with E-state index >= 15 is 0 Å². The molecule has 3 aromatic rings. The van der Waals surface area contributed by atoms with Crippen LogP contribution in [-0.4, -0.2) is 17.4 Å². The van der Waals surface area contributed by atoms with Crippen LogP contribution in [0.1, 0.15) is 15.9 Å². The fourth-order valence-electron chi connectivity index (χ4n) is 2.41. The largest absolute Gasteiger partial charge is 0.383 e. The molecular weight excluding hydrogens is 378 g/mol. The summed E-state index contributed by atoms with van der Waals surface area (Å²) >= 11 is 3.43. The minimum atomic E-state index is -0.189. The first-order valence-corrected chi connectivity index (χ1v) is 8.80. The second-order valence-electron chi connectivity index (χ2n) is 5.56. The van der Waals surface area contributed by atoms with E-state index in [1.165, 1.54) is 5.56 Å². The normalized spacial score (nSPS) is 10.3. The molecule has 2 aromatic carbocycles. The van der Waals surface area contributed by atoms with Crippen LogP contribution in [-0.2, 0) is 6.42 Å². The van der Waals surface area contributed by atoms with Gasteiger partial charge in [-0.25, -0.2) is 0 Å². The van der Waals surface area contributed by atoms with E-state index < -0.39 is 0 Å². The fourth-order valence-corrected chi connectivity index (χ4v) is 2.80. The van der Waals surface area contributed by atoms with Crippen LogP contribution in [0, 0.1) is 0 Å². The molecule has 2 N–H and O–H groups in total. The molecule has 0 saturated heterocycles. The molecule has 4 nitrogen and oxygen atoms in total. The van der Waals surface area contributed by atoms with Crippen LogP contribution in [0.15, 0.2) is 77.5 Å². The Hall–Kier alpha value is -2.66. The van der Waals surface area contributed by atoms with E-state index in [1.807, 2.05) is 48.5 Å². The SMILES string of the molecule is O=C(Nc1ccccc1Br)c1cncc(NCCc2ccccc2)c1. The van der Waals surface area contributed by atoms with Gasteiger partial charge in [0.25, 0.3) is 5.91 Å². The Kier molecular flexibility index (Phi) is 5.80. The first-order chi connectivity index (χ1) is 12.2. The molecule has 0 aliphatic rings. The monoisotopic (exact) mass is 395 g/mol. The molecule has 0 atom stereocenters. The summed E-state index contributed by atoms with van der Waals surface area (Å²) in [5, 5.41) is 6.19. The van der Waals surface area contributed by atoms with E-state index in [-0.39, 0.29) is 5.91 Å². The van der Waals surface area contributed by atoms with E-state index in [4.69, 9.17) is 0 Å². The van der Waals surface area contributed by atoms with Crippen molar-refractivity contribution in [1.29, 1.82) is 0 Å². The summed E-state index contributed by atoms with van der Waals surface area (Å²) < 4.78 is 0.841. The summed E-state index contributed by atoms with van der Waals surface area (Å²) in [6.45, 7) is 0.779. The van der Waals surface area contributed by atoms with E-state index in [1.54, 1.807) is 12.4 Å².